The molecule has 1 unspecified atom stereocenters. The minimum atomic E-state index is -0.0913. The molecule has 0 saturated carbocycles. The van der Waals surface area contributed by atoms with Gasteiger partial charge in [-0.25, -0.2) is 9.97 Å². The fraction of sp³-hybridized carbons (Fsp3) is 0.471. The zero-order chi connectivity index (χ0) is 17.6. The fourth-order valence-corrected chi connectivity index (χ4v) is 3.52. The van der Waals surface area contributed by atoms with Crippen LogP contribution < -0.4 is 0 Å². The van der Waals surface area contributed by atoms with Crippen molar-refractivity contribution in [3.63, 3.8) is 0 Å². The lowest BCUT2D eigenvalue weighted by molar-refractivity contribution is 0.0602. The van der Waals surface area contributed by atoms with Gasteiger partial charge in [0.25, 0.3) is 5.91 Å². The number of pyridine rings is 1. The number of H-pyrrole nitrogens is 1. The number of nitrogens with zero attached hydrogens (tertiary/aromatic N) is 6. The quantitative estimate of drug-likeness (QED) is 0.771. The lowest BCUT2D eigenvalue weighted by Crippen LogP contribution is -2.39. The van der Waals surface area contributed by atoms with Gasteiger partial charge in [0.2, 0.25) is 0 Å². The van der Waals surface area contributed by atoms with Gasteiger partial charge in [0.15, 0.2) is 11.5 Å². The second-order valence-corrected chi connectivity index (χ2v) is 6.61. The van der Waals surface area contributed by atoms with Gasteiger partial charge in [-0.2, -0.15) is 10.2 Å². The smallest absolute Gasteiger partial charge is 0.255 e. The van der Waals surface area contributed by atoms with Crippen LogP contribution in [0.4, 0.5) is 0 Å². The minimum Gasteiger partial charge on any atom is -0.328 e. The number of carbonyl (C=O) groups is 1. The van der Waals surface area contributed by atoms with E-state index in [2.05, 4.69) is 25.3 Å². The van der Waals surface area contributed by atoms with Crippen LogP contribution in [0, 0.1) is 13.8 Å². The average Bonchev–Trinajstić information content (AvgIpc) is 3.20. The molecule has 1 N–H and O–H groups in total. The summed E-state index contributed by atoms with van der Waals surface area (Å²) in [5.41, 5.74) is 2.18. The molecule has 0 aromatic carbocycles. The molecule has 0 spiro atoms. The van der Waals surface area contributed by atoms with E-state index in [4.69, 9.17) is 0 Å². The Labute approximate surface area is 145 Å². The summed E-state index contributed by atoms with van der Waals surface area (Å²) in [6.45, 7) is 4.48. The molecule has 0 radical (unpaired) electrons. The van der Waals surface area contributed by atoms with E-state index in [0.29, 0.717) is 17.9 Å². The summed E-state index contributed by atoms with van der Waals surface area (Å²) in [7, 11) is 1.84. The van der Waals surface area contributed by atoms with Crippen molar-refractivity contribution in [1.29, 1.82) is 0 Å². The molecule has 3 aromatic heterocycles. The number of aryl methyl sites for hydroxylation is 3. The highest BCUT2D eigenvalue weighted by molar-refractivity contribution is 6.05. The van der Waals surface area contributed by atoms with E-state index < -0.39 is 0 Å². The molecule has 8 nitrogen and oxygen atoms in total. The van der Waals surface area contributed by atoms with Crippen LogP contribution in [0.3, 0.4) is 0 Å². The lowest BCUT2D eigenvalue weighted by atomic mass is 9.99. The number of hydrogen-bond donors (Lipinski definition) is 1. The molecule has 1 aliphatic heterocycles. The summed E-state index contributed by atoms with van der Waals surface area (Å²) in [5.74, 6) is 1.46. The second-order valence-electron chi connectivity index (χ2n) is 6.61. The summed E-state index contributed by atoms with van der Waals surface area (Å²) in [5, 5.41) is 12.2. The molecular weight excluding hydrogens is 318 g/mol. The van der Waals surface area contributed by atoms with E-state index in [1.807, 2.05) is 31.9 Å². The number of rotatable bonds is 2. The maximum Gasteiger partial charge on any atom is 0.255 e. The van der Waals surface area contributed by atoms with Crippen molar-refractivity contribution in [2.45, 2.75) is 39.2 Å². The van der Waals surface area contributed by atoms with E-state index in [9.17, 15) is 4.79 Å². The molecule has 0 bridgehead atoms. The van der Waals surface area contributed by atoms with Crippen molar-refractivity contribution in [2.75, 3.05) is 6.54 Å². The SMILES string of the molecule is Cc1cc(C(=O)N2CCCCC2c2n[nH]c(C)n2)c2cnn(C)c2n1. The summed E-state index contributed by atoms with van der Waals surface area (Å²) >= 11 is 0. The fourth-order valence-electron chi connectivity index (χ4n) is 3.52. The molecule has 3 aromatic rings. The van der Waals surface area contributed by atoms with Crippen LogP contribution in [-0.2, 0) is 7.05 Å². The van der Waals surface area contributed by atoms with Gasteiger partial charge in [0.05, 0.1) is 23.2 Å². The first-order valence-electron chi connectivity index (χ1n) is 8.54. The van der Waals surface area contributed by atoms with Crippen molar-refractivity contribution in [2.24, 2.45) is 7.05 Å². The summed E-state index contributed by atoms with van der Waals surface area (Å²) < 4.78 is 1.70. The van der Waals surface area contributed by atoms with Gasteiger partial charge in [-0.3, -0.25) is 14.6 Å². The highest BCUT2D eigenvalue weighted by atomic mass is 16.2. The van der Waals surface area contributed by atoms with Crippen LogP contribution in [0.5, 0.6) is 0 Å². The number of aromatic amines is 1. The largest absolute Gasteiger partial charge is 0.328 e. The Morgan fingerprint density at radius 2 is 2.12 bits per heavy atom. The van der Waals surface area contributed by atoms with Crippen LogP contribution >= 0.6 is 0 Å². The van der Waals surface area contributed by atoms with Crippen molar-refractivity contribution < 1.29 is 4.79 Å². The Bertz CT molecular complexity index is 942. The molecule has 0 aliphatic carbocycles. The standard InChI is InChI=1S/C17H21N7O/c1-10-8-12(13-9-18-23(3)16(13)19-10)17(25)24-7-5-4-6-14(24)15-20-11(2)21-22-15/h8-9,14H,4-7H2,1-3H3,(H,20,21,22). The summed E-state index contributed by atoms with van der Waals surface area (Å²) in [6.07, 6.45) is 4.65. The maximum absolute atomic E-state index is 13.4. The molecule has 1 atom stereocenters. The van der Waals surface area contributed by atoms with E-state index in [-0.39, 0.29) is 11.9 Å². The first-order valence-corrected chi connectivity index (χ1v) is 8.54. The van der Waals surface area contributed by atoms with Crippen LogP contribution in [0.1, 0.15) is 53.0 Å². The number of likely N-dealkylation sites (tertiary alicyclic amines) is 1. The van der Waals surface area contributed by atoms with Gasteiger partial charge in [-0.1, -0.05) is 0 Å². The molecule has 1 saturated heterocycles. The minimum absolute atomic E-state index is 0.00402. The van der Waals surface area contributed by atoms with Crippen LogP contribution in [0.2, 0.25) is 0 Å². The third kappa shape index (κ3) is 2.67. The van der Waals surface area contributed by atoms with E-state index in [1.165, 1.54) is 0 Å². The molecular formula is C17H21N7O. The van der Waals surface area contributed by atoms with Crippen molar-refractivity contribution in [3.8, 4) is 0 Å². The van der Waals surface area contributed by atoms with E-state index in [0.717, 1.165) is 41.8 Å². The van der Waals surface area contributed by atoms with Crippen LogP contribution in [0.15, 0.2) is 12.3 Å². The van der Waals surface area contributed by atoms with E-state index >= 15 is 0 Å². The number of carbonyl (C=O) groups excluding carboxylic acids is 1. The Morgan fingerprint density at radius 3 is 2.88 bits per heavy atom. The Hall–Kier alpha value is -2.77. The monoisotopic (exact) mass is 339 g/mol. The lowest BCUT2D eigenvalue weighted by Gasteiger charge is -2.34. The number of amides is 1. The molecule has 25 heavy (non-hydrogen) atoms. The van der Waals surface area contributed by atoms with Crippen molar-refractivity contribution >= 4 is 16.9 Å². The molecule has 8 heteroatoms. The molecule has 1 aliphatic rings. The topological polar surface area (TPSA) is 92.6 Å². The zero-order valence-corrected chi connectivity index (χ0v) is 14.7. The first-order chi connectivity index (χ1) is 12.0. The predicted molar refractivity (Wildman–Crippen MR) is 92.0 cm³/mol. The molecule has 4 rings (SSSR count). The van der Waals surface area contributed by atoms with Gasteiger partial charge in [-0.15, -0.1) is 0 Å². The molecule has 1 amide bonds. The Morgan fingerprint density at radius 1 is 1.28 bits per heavy atom. The molecule has 1 fully saturated rings. The number of piperidine rings is 1. The van der Waals surface area contributed by atoms with Gasteiger partial charge in [0.1, 0.15) is 5.82 Å². The number of hydrogen-bond acceptors (Lipinski definition) is 5. The second kappa shape index (κ2) is 5.94. The van der Waals surface area contributed by atoms with Crippen LogP contribution in [0.25, 0.3) is 11.0 Å². The van der Waals surface area contributed by atoms with Gasteiger partial charge < -0.3 is 4.90 Å². The highest BCUT2D eigenvalue weighted by Gasteiger charge is 2.32. The van der Waals surface area contributed by atoms with Crippen LogP contribution in [-0.4, -0.2) is 47.3 Å². The van der Waals surface area contributed by atoms with Crippen molar-refractivity contribution in [3.05, 3.63) is 35.2 Å². The third-order valence-corrected chi connectivity index (χ3v) is 4.74. The molecule has 4 heterocycles. The number of fused-ring (bicyclic) bond motifs is 1. The highest BCUT2D eigenvalue weighted by Crippen LogP contribution is 2.31. The van der Waals surface area contributed by atoms with Gasteiger partial charge in [0, 0.05) is 19.3 Å². The van der Waals surface area contributed by atoms with Gasteiger partial charge in [-0.05, 0) is 39.2 Å². The predicted octanol–water partition coefficient (Wildman–Crippen LogP) is 2.07. The third-order valence-electron chi connectivity index (χ3n) is 4.74. The molecule has 130 valence electrons. The average molecular weight is 339 g/mol. The maximum atomic E-state index is 13.4. The van der Waals surface area contributed by atoms with Crippen molar-refractivity contribution in [1.82, 2.24) is 34.8 Å². The first kappa shape index (κ1) is 15.7. The number of nitrogens with one attached hydrogen (secondary N) is 1. The Balaban J connectivity index is 1.76. The summed E-state index contributed by atoms with van der Waals surface area (Å²) in [6, 6.07) is 1.76. The summed E-state index contributed by atoms with van der Waals surface area (Å²) in [4.78, 5) is 24.2. The zero-order valence-electron chi connectivity index (χ0n) is 14.7. The number of aromatic nitrogens is 6. The normalized spacial score (nSPS) is 18.0. The van der Waals surface area contributed by atoms with E-state index in [1.54, 1.807) is 10.9 Å². The van der Waals surface area contributed by atoms with Gasteiger partial charge >= 0.3 is 0 Å². The Kier molecular flexibility index (Phi) is 3.74.